The molecule has 0 saturated carbocycles. The van der Waals surface area contributed by atoms with Gasteiger partial charge in [0.25, 0.3) is 0 Å². The molecule has 1 aliphatic rings. The van der Waals surface area contributed by atoms with E-state index in [2.05, 4.69) is 0 Å². The summed E-state index contributed by atoms with van der Waals surface area (Å²) >= 11 is -3.01. The van der Waals surface area contributed by atoms with E-state index >= 15 is 0 Å². The fraction of sp³-hybridized carbons (Fsp3) is 0.133. The number of fused-ring (bicyclic) bond motifs is 1. The number of aryl methyl sites for hydroxylation is 2. The average Bonchev–Trinajstić information content (AvgIpc) is 2.78. The predicted molar refractivity (Wildman–Crippen MR) is 88.8 cm³/mol. The van der Waals surface area contributed by atoms with Gasteiger partial charge in [-0.1, -0.05) is 0 Å². The summed E-state index contributed by atoms with van der Waals surface area (Å²) in [6.07, 6.45) is 0. The Bertz CT molecular complexity index is 860. The first-order chi connectivity index (χ1) is 10.4. The predicted octanol–water partition coefficient (Wildman–Crippen LogP) is 3.39. The molecule has 1 heterocycles. The van der Waals surface area contributed by atoms with Crippen molar-refractivity contribution in [2.45, 2.75) is 18.7 Å². The van der Waals surface area contributed by atoms with Gasteiger partial charge in [-0.2, -0.15) is 0 Å². The third-order valence-electron chi connectivity index (χ3n) is 3.15. The molecule has 0 aliphatic carbocycles. The van der Waals surface area contributed by atoms with E-state index < -0.39 is 36.7 Å². The van der Waals surface area contributed by atoms with Crippen LogP contribution in [0.25, 0.3) is 0 Å². The quantitative estimate of drug-likeness (QED) is 0.696. The molecule has 0 aromatic heterocycles. The second-order valence-corrected chi connectivity index (χ2v) is 10.2. The number of hydrogen-bond acceptors (Lipinski definition) is 5. The average molecular weight is 432 g/mol. The zero-order valence-electron chi connectivity index (χ0n) is 11.9. The van der Waals surface area contributed by atoms with Crippen molar-refractivity contribution >= 4 is 36.7 Å². The van der Waals surface area contributed by atoms with Gasteiger partial charge in [-0.3, -0.25) is 0 Å². The van der Waals surface area contributed by atoms with Crippen molar-refractivity contribution in [3.05, 3.63) is 62.7 Å². The normalized spacial score (nSPS) is 15.5. The van der Waals surface area contributed by atoms with Gasteiger partial charge in [0, 0.05) is 0 Å². The third-order valence-corrected chi connectivity index (χ3v) is 9.50. The molecule has 0 N–H and O–H groups in total. The topological polar surface area (TPSA) is 69.7 Å². The number of benzene rings is 2. The molecule has 0 atom stereocenters. The summed E-state index contributed by atoms with van der Waals surface area (Å²) in [6, 6.07) is 11.9. The Morgan fingerprint density at radius 1 is 1.09 bits per heavy atom. The van der Waals surface area contributed by atoms with Gasteiger partial charge in [0.15, 0.2) is 0 Å². The summed E-state index contributed by atoms with van der Waals surface area (Å²) in [7, 11) is -3.97. The summed E-state index contributed by atoms with van der Waals surface area (Å²) in [5.41, 5.74) is 1.81. The van der Waals surface area contributed by atoms with E-state index in [9.17, 15) is 13.2 Å². The second kappa shape index (κ2) is 5.64. The van der Waals surface area contributed by atoms with E-state index in [1.807, 2.05) is 13.0 Å². The summed E-state index contributed by atoms with van der Waals surface area (Å²) in [4.78, 5) is 11.9. The molecule has 0 fully saturated rings. The number of carbonyl (C=O) groups excluding carboxylic acids is 1. The van der Waals surface area contributed by atoms with E-state index in [0.717, 1.165) is 5.56 Å². The molecule has 116 valence electrons. The van der Waals surface area contributed by atoms with Crippen molar-refractivity contribution in [1.29, 1.82) is 0 Å². The van der Waals surface area contributed by atoms with Crippen LogP contribution in [0.2, 0.25) is 0 Å². The number of rotatable bonds is 3. The van der Waals surface area contributed by atoms with Crippen molar-refractivity contribution in [3.63, 3.8) is 0 Å². The van der Waals surface area contributed by atoms with E-state index in [-0.39, 0.29) is 4.90 Å². The Kier molecular flexibility index (Phi) is 3.96. The molecule has 5 nitrogen and oxygen atoms in total. The first-order valence-corrected chi connectivity index (χ1v) is 10.7. The first kappa shape index (κ1) is 15.4. The molecule has 7 heteroatoms. The number of carbonyl (C=O) groups is 1. The van der Waals surface area contributed by atoms with Crippen LogP contribution in [0.4, 0.5) is 0 Å². The molecular formula is C15H13IO5S. The van der Waals surface area contributed by atoms with Crippen LogP contribution >= 0.6 is 20.6 Å². The van der Waals surface area contributed by atoms with Crippen molar-refractivity contribution in [3.8, 4) is 0 Å². The van der Waals surface area contributed by atoms with E-state index in [1.54, 1.807) is 43.3 Å². The second-order valence-electron chi connectivity index (χ2n) is 4.85. The minimum absolute atomic E-state index is 0.116. The third kappa shape index (κ3) is 2.75. The molecule has 1 aliphatic heterocycles. The molecule has 0 spiro atoms. The van der Waals surface area contributed by atoms with Gasteiger partial charge in [0.2, 0.25) is 0 Å². The van der Waals surface area contributed by atoms with E-state index in [0.29, 0.717) is 14.7 Å². The van der Waals surface area contributed by atoms with Crippen molar-refractivity contribution < 1.29 is 18.8 Å². The monoisotopic (exact) mass is 432 g/mol. The fourth-order valence-electron chi connectivity index (χ4n) is 2.04. The Morgan fingerprint density at radius 3 is 2.59 bits per heavy atom. The molecule has 2 aromatic carbocycles. The van der Waals surface area contributed by atoms with Crippen LogP contribution in [0.15, 0.2) is 47.4 Å². The summed E-state index contributed by atoms with van der Waals surface area (Å²) in [6.45, 7) is 3.51. The Morgan fingerprint density at radius 2 is 1.82 bits per heavy atom. The Labute approximate surface area is 136 Å². The molecule has 0 bridgehead atoms. The van der Waals surface area contributed by atoms with Gasteiger partial charge in [0.1, 0.15) is 0 Å². The molecule has 0 unspecified atom stereocenters. The molecule has 2 aromatic rings. The maximum atomic E-state index is 12.5. The van der Waals surface area contributed by atoms with Gasteiger partial charge in [-0.05, 0) is 0 Å². The van der Waals surface area contributed by atoms with Crippen molar-refractivity contribution in [2.75, 3.05) is 0 Å². The number of hydrogen-bond donors (Lipinski definition) is 0. The van der Waals surface area contributed by atoms with E-state index in [1.165, 1.54) is 0 Å². The fourth-order valence-corrected chi connectivity index (χ4v) is 8.03. The zero-order valence-corrected chi connectivity index (χ0v) is 14.8. The zero-order chi connectivity index (χ0) is 15.9. The van der Waals surface area contributed by atoms with Crippen LogP contribution in [0.1, 0.15) is 21.5 Å². The molecular weight excluding hydrogens is 419 g/mol. The van der Waals surface area contributed by atoms with Crippen molar-refractivity contribution in [1.82, 2.24) is 0 Å². The maximum absolute atomic E-state index is 12.5. The Hall–Kier alpha value is -1.45. The standard InChI is InChI=1S/C15H13IO5S/c1-10-7-8-11(2)14(9-10)22(18,19)21-16-13-6-4-3-5-12(13)15(17)20-16/h3-9H,1-2H3. The summed E-state index contributed by atoms with van der Waals surface area (Å²) in [5, 5.41) is 0. The van der Waals surface area contributed by atoms with Crippen LogP contribution in [-0.4, -0.2) is 14.4 Å². The summed E-state index contributed by atoms with van der Waals surface area (Å²) < 4.78 is 36.1. The van der Waals surface area contributed by atoms with Crippen LogP contribution in [0.5, 0.6) is 0 Å². The van der Waals surface area contributed by atoms with Gasteiger partial charge in [-0.25, -0.2) is 0 Å². The van der Waals surface area contributed by atoms with Crippen LogP contribution in [0, 0.1) is 17.4 Å². The van der Waals surface area contributed by atoms with Crippen LogP contribution in [0.3, 0.4) is 0 Å². The molecule has 3 rings (SSSR count). The Balaban J connectivity index is 1.97. The van der Waals surface area contributed by atoms with Crippen LogP contribution < -0.4 is 0 Å². The minimum atomic E-state index is -3.97. The van der Waals surface area contributed by atoms with Gasteiger partial charge < -0.3 is 0 Å². The van der Waals surface area contributed by atoms with E-state index in [4.69, 9.17) is 5.58 Å². The first-order valence-electron chi connectivity index (χ1n) is 6.43. The SMILES string of the molecule is Cc1ccc(C)c(S(=O)(=O)OI2OC(=O)c3ccccc32)c1. The van der Waals surface area contributed by atoms with Crippen LogP contribution in [-0.2, 0) is 15.7 Å². The molecule has 22 heavy (non-hydrogen) atoms. The van der Waals surface area contributed by atoms with Gasteiger partial charge in [-0.15, -0.1) is 0 Å². The van der Waals surface area contributed by atoms with Crippen molar-refractivity contribution in [2.24, 2.45) is 0 Å². The molecule has 0 saturated heterocycles. The van der Waals surface area contributed by atoms with Gasteiger partial charge in [0.05, 0.1) is 0 Å². The summed E-state index contributed by atoms with van der Waals surface area (Å²) in [5.74, 6) is -0.517. The number of halogens is 1. The molecule has 0 amide bonds. The molecule has 0 radical (unpaired) electrons. The van der Waals surface area contributed by atoms with Gasteiger partial charge >= 0.3 is 137 Å².